The quantitative estimate of drug-likeness (QED) is 0.716. The summed E-state index contributed by atoms with van der Waals surface area (Å²) in [6.45, 7) is 7.93. The molecule has 1 aliphatic heterocycles. The Labute approximate surface area is 105 Å². The Balaban J connectivity index is 2.24. The summed E-state index contributed by atoms with van der Waals surface area (Å²) in [7, 11) is 0. The fraction of sp³-hybridized carbons (Fsp3) is 0.923. The van der Waals surface area contributed by atoms with Gasteiger partial charge in [0.2, 0.25) is 5.91 Å². The maximum atomic E-state index is 12.1. The van der Waals surface area contributed by atoms with Gasteiger partial charge >= 0.3 is 0 Å². The molecule has 1 N–H and O–H groups in total. The SMILES string of the molecule is CCOCCNC(C)C(=O)N1CCCCCC1. The number of ether oxygens (including phenoxy) is 1. The molecule has 0 radical (unpaired) electrons. The summed E-state index contributed by atoms with van der Waals surface area (Å²) < 4.78 is 5.24. The van der Waals surface area contributed by atoms with Gasteiger partial charge in [0, 0.05) is 26.2 Å². The van der Waals surface area contributed by atoms with Crippen LogP contribution in [0.3, 0.4) is 0 Å². The molecule has 1 fully saturated rings. The van der Waals surface area contributed by atoms with E-state index in [0.29, 0.717) is 6.61 Å². The Morgan fingerprint density at radius 2 is 1.94 bits per heavy atom. The second kappa shape index (κ2) is 8.48. The number of amides is 1. The van der Waals surface area contributed by atoms with Crippen LogP contribution in [0.1, 0.15) is 39.5 Å². The number of nitrogens with zero attached hydrogens (tertiary/aromatic N) is 1. The average molecular weight is 242 g/mol. The van der Waals surface area contributed by atoms with Gasteiger partial charge in [-0.2, -0.15) is 0 Å². The van der Waals surface area contributed by atoms with Crippen LogP contribution in [0, 0.1) is 0 Å². The molecule has 1 heterocycles. The smallest absolute Gasteiger partial charge is 0.239 e. The lowest BCUT2D eigenvalue weighted by Crippen LogP contribution is -2.46. The molecule has 100 valence electrons. The van der Waals surface area contributed by atoms with Crippen LogP contribution in [-0.4, -0.2) is 49.7 Å². The Kier molecular flexibility index (Phi) is 7.21. The maximum Gasteiger partial charge on any atom is 0.239 e. The summed E-state index contributed by atoms with van der Waals surface area (Å²) in [6, 6.07) is -0.0893. The van der Waals surface area contributed by atoms with Gasteiger partial charge < -0.3 is 15.0 Å². The highest BCUT2D eigenvalue weighted by Crippen LogP contribution is 2.10. The van der Waals surface area contributed by atoms with E-state index in [1.54, 1.807) is 0 Å². The van der Waals surface area contributed by atoms with Crippen molar-refractivity contribution in [2.24, 2.45) is 0 Å². The summed E-state index contributed by atoms with van der Waals surface area (Å²) in [4.78, 5) is 14.1. The molecule has 0 spiro atoms. The minimum absolute atomic E-state index is 0.0893. The number of rotatable bonds is 6. The molecule has 1 amide bonds. The van der Waals surface area contributed by atoms with E-state index in [0.717, 1.165) is 39.1 Å². The topological polar surface area (TPSA) is 41.6 Å². The highest BCUT2D eigenvalue weighted by atomic mass is 16.5. The van der Waals surface area contributed by atoms with Crippen molar-refractivity contribution in [3.05, 3.63) is 0 Å². The van der Waals surface area contributed by atoms with Crippen LogP contribution >= 0.6 is 0 Å². The van der Waals surface area contributed by atoms with Gasteiger partial charge in [-0.15, -0.1) is 0 Å². The van der Waals surface area contributed by atoms with Gasteiger partial charge in [-0.05, 0) is 26.7 Å². The Morgan fingerprint density at radius 1 is 1.29 bits per heavy atom. The van der Waals surface area contributed by atoms with E-state index in [-0.39, 0.29) is 11.9 Å². The summed E-state index contributed by atoms with van der Waals surface area (Å²) >= 11 is 0. The third kappa shape index (κ3) is 5.50. The first-order chi connectivity index (χ1) is 8.25. The van der Waals surface area contributed by atoms with Crippen molar-refractivity contribution in [3.8, 4) is 0 Å². The zero-order valence-electron chi connectivity index (χ0n) is 11.2. The van der Waals surface area contributed by atoms with Crippen molar-refractivity contribution in [2.75, 3.05) is 32.8 Å². The van der Waals surface area contributed by atoms with Crippen molar-refractivity contribution in [1.82, 2.24) is 10.2 Å². The van der Waals surface area contributed by atoms with E-state index >= 15 is 0 Å². The standard InChI is InChI=1S/C13H26N2O2/c1-3-17-11-8-14-12(2)13(16)15-9-6-4-5-7-10-15/h12,14H,3-11H2,1-2H3. The minimum Gasteiger partial charge on any atom is -0.380 e. The normalized spacial score (nSPS) is 18.8. The van der Waals surface area contributed by atoms with Gasteiger partial charge in [0.1, 0.15) is 0 Å². The van der Waals surface area contributed by atoms with Crippen LogP contribution in [0.4, 0.5) is 0 Å². The predicted octanol–water partition coefficient (Wildman–Crippen LogP) is 1.40. The highest BCUT2D eigenvalue weighted by Gasteiger charge is 2.20. The van der Waals surface area contributed by atoms with E-state index in [4.69, 9.17) is 4.74 Å². The number of hydrogen-bond donors (Lipinski definition) is 1. The molecule has 0 aliphatic carbocycles. The molecule has 4 nitrogen and oxygen atoms in total. The maximum absolute atomic E-state index is 12.1. The van der Waals surface area contributed by atoms with Crippen LogP contribution in [0.25, 0.3) is 0 Å². The molecule has 0 aromatic carbocycles. The Hall–Kier alpha value is -0.610. The highest BCUT2D eigenvalue weighted by molar-refractivity contribution is 5.81. The molecular formula is C13H26N2O2. The Bertz CT molecular complexity index is 213. The lowest BCUT2D eigenvalue weighted by Gasteiger charge is -2.24. The van der Waals surface area contributed by atoms with Crippen molar-refractivity contribution >= 4 is 5.91 Å². The lowest BCUT2D eigenvalue weighted by atomic mass is 10.2. The van der Waals surface area contributed by atoms with Crippen molar-refractivity contribution < 1.29 is 9.53 Å². The molecule has 0 aromatic rings. The van der Waals surface area contributed by atoms with Gasteiger partial charge in [0.15, 0.2) is 0 Å². The molecule has 1 unspecified atom stereocenters. The fourth-order valence-corrected chi connectivity index (χ4v) is 2.14. The third-order valence-electron chi connectivity index (χ3n) is 3.19. The predicted molar refractivity (Wildman–Crippen MR) is 69.0 cm³/mol. The summed E-state index contributed by atoms with van der Waals surface area (Å²) in [5.74, 6) is 0.239. The van der Waals surface area contributed by atoms with Crippen molar-refractivity contribution in [2.45, 2.75) is 45.6 Å². The van der Waals surface area contributed by atoms with E-state index in [9.17, 15) is 4.79 Å². The average Bonchev–Trinajstić information content (AvgIpc) is 2.62. The first-order valence-corrected chi connectivity index (χ1v) is 6.85. The summed E-state index contributed by atoms with van der Waals surface area (Å²) in [5.41, 5.74) is 0. The van der Waals surface area contributed by atoms with Crippen LogP contribution < -0.4 is 5.32 Å². The lowest BCUT2D eigenvalue weighted by molar-refractivity contribution is -0.133. The van der Waals surface area contributed by atoms with E-state index in [1.807, 2.05) is 18.7 Å². The fourth-order valence-electron chi connectivity index (χ4n) is 2.14. The largest absolute Gasteiger partial charge is 0.380 e. The van der Waals surface area contributed by atoms with Gasteiger partial charge in [0.25, 0.3) is 0 Å². The second-order valence-corrected chi connectivity index (χ2v) is 4.61. The first-order valence-electron chi connectivity index (χ1n) is 6.85. The van der Waals surface area contributed by atoms with Crippen LogP contribution in [0.5, 0.6) is 0 Å². The van der Waals surface area contributed by atoms with Crippen molar-refractivity contribution in [1.29, 1.82) is 0 Å². The summed E-state index contributed by atoms with van der Waals surface area (Å²) in [6.07, 6.45) is 4.82. The number of nitrogens with one attached hydrogen (secondary N) is 1. The van der Waals surface area contributed by atoms with Crippen LogP contribution in [0.2, 0.25) is 0 Å². The molecule has 1 aliphatic rings. The third-order valence-corrected chi connectivity index (χ3v) is 3.19. The number of carbonyl (C=O) groups excluding carboxylic acids is 1. The number of carbonyl (C=O) groups is 1. The van der Waals surface area contributed by atoms with Gasteiger partial charge in [-0.3, -0.25) is 4.79 Å². The monoisotopic (exact) mass is 242 g/mol. The minimum atomic E-state index is -0.0893. The zero-order chi connectivity index (χ0) is 12.5. The molecule has 0 aromatic heterocycles. The molecule has 0 bridgehead atoms. The summed E-state index contributed by atoms with van der Waals surface area (Å²) in [5, 5.41) is 3.22. The molecular weight excluding hydrogens is 216 g/mol. The molecule has 4 heteroatoms. The second-order valence-electron chi connectivity index (χ2n) is 4.61. The first kappa shape index (κ1) is 14.5. The van der Waals surface area contributed by atoms with Gasteiger partial charge in [0.05, 0.1) is 12.6 Å². The van der Waals surface area contributed by atoms with E-state index in [2.05, 4.69) is 5.32 Å². The van der Waals surface area contributed by atoms with Gasteiger partial charge in [-0.1, -0.05) is 12.8 Å². The van der Waals surface area contributed by atoms with Gasteiger partial charge in [-0.25, -0.2) is 0 Å². The van der Waals surface area contributed by atoms with Crippen LogP contribution in [-0.2, 0) is 9.53 Å². The van der Waals surface area contributed by atoms with Crippen molar-refractivity contribution in [3.63, 3.8) is 0 Å². The number of likely N-dealkylation sites (tertiary alicyclic amines) is 1. The van der Waals surface area contributed by atoms with E-state index < -0.39 is 0 Å². The molecule has 1 rings (SSSR count). The van der Waals surface area contributed by atoms with Crippen LogP contribution in [0.15, 0.2) is 0 Å². The molecule has 1 saturated heterocycles. The molecule has 0 saturated carbocycles. The zero-order valence-corrected chi connectivity index (χ0v) is 11.2. The van der Waals surface area contributed by atoms with E-state index in [1.165, 1.54) is 12.8 Å². The molecule has 1 atom stereocenters. The molecule has 17 heavy (non-hydrogen) atoms. The number of hydrogen-bond acceptors (Lipinski definition) is 3. The Morgan fingerprint density at radius 3 is 2.53 bits per heavy atom.